The Morgan fingerprint density at radius 1 is 1.43 bits per heavy atom. The Morgan fingerprint density at radius 3 is 2.71 bits per heavy atom. The van der Waals surface area contributed by atoms with Gasteiger partial charge in [-0.2, -0.15) is 0 Å². The van der Waals surface area contributed by atoms with Crippen LogP contribution in [0.15, 0.2) is 30.3 Å². The van der Waals surface area contributed by atoms with Crippen LogP contribution in [0.25, 0.3) is 0 Å². The lowest BCUT2D eigenvalue weighted by Gasteiger charge is -2.20. The van der Waals surface area contributed by atoms with Crippen molar-refractivity contribution >= 4 is 6.09 Å². The molecule has 1 aliphatic rings. The smallest absolute Gasteiger partial charge is 0.407 e. The van der Waals surface area contributed by atoms with E-state index in [9.17, 15) is 4.79 Å². The van der Waals surface area contributed by atoms with Gasteiger partial charge < -0.3 is 10.1 Å². The molecule has 1 heterocycles. The van der Waals surface area contributed by atoms with Gasteiger partial charge in [0.2, 0.25) is 0 Å². The fourth-order valence-corrected chi connectivity index (χ4v) is 1.69. The number of carbonyl (C=O) groups excluding carboxylic acids is 1. The zero-order valence-electron chi connectivity index (χ0n) is 8.12. The predicted molar refractivity (Wildman–Crippen MR) is 53.0 cm³/mol. The highest BCUT2D eigenvalue weighted by Crippen LogP contribution is 2.18. The van der Waals surface area contributed by atoms with E-state index >= 15 is 0 Å². The molecule has 0 aliphatic carbocycles. The first-order valence-electron chi connectivity index (χ1n) is 4.67. The van der Waals surface area contributed by atoms with E-state index in [1.54, 1.807) is 0 Å². The van der Waals surface area contributed by atoms with Gasteiger partial charge in [-0.1, -0.05) is 30.3 Å². The second-order valence-corrected chi connectivity index (χ2v) is 3.92. The Kier molecular flexibility index (Phi) is 2.15. The summed E-state index contributed by atoms with van der Waals surface area (Å²) in [4.78, 5) is 10.9. The molecule has 1 aliphatic heterocycles. The van der Waals surface area contributed by atoms with Gasteiger partial charge in [0.05, 0.1) is 5.54 Å². The van der Waals surface area contributed by atoms with Crippen molar-refractivity contribution in [2.75, 3.05) is 6.61 Å². The van der Waals surface area contributed by atoms with Gasteiger partial charge in [0.25, 0.3) is 0 Å². The van der Waals surface area contributed by atoms with Gasteiger partial charge in [0.15, 0.2) is 0 Å². The lowest BCUT2D eigenvalue weighted by atomic mass is 9.94. The van der Waals surface area contributed by atoms with Crippen molar-refractivity contribution in [1.29, 1.82) is 0 Å². The monoisotopic (exact) mass is 191 g/mol. The number of hydrogen-bond donors (Lipinski definition) is 1. The quantitative estimate of drug-likeness (QED) is 0.773. The largest absolute Gasteiger partial charge is 0.447 e. The first-order valence-corrected chi connectivity index (χ1v) is 4.67. The maximum atomic E-state index is 10.9. The summed E-state index contributed by atoms with van der Waals surface area (Å²) in [6, 6.07) is 10.1. The van der Waals surface area contributed by atoms with Crippen LogP contribution in [0.3, 0.4) is 0 Å². The number of amides is 1. The molecule has 14 heavy (non-hydrogen) atoms. The molecule has 1 aromatic rings. The molecule has 3 nitrogen and oxygen atoms in total. The Morgan fingerprint density at radius 2 is 2.14 bits per heavy atom. The molecule has 1 aromatic carbocycles. The Balaban J connectivity index is 2.08. The van der Waals surface area contributed by atoms with E-state index in [4.69, 9.17) is 4.74 Å². The molecule has 0 saturated carbocycles. The Bertz CT molecular complexity index is 336. The number of ether oxygens (including phenoxy) is 1. The second kappa shape index (κ2) is 3.33. The van der Waals surface area contributed by atoms with E-state index in [2.05, 4.69) is 17.4 Å². The number of hydrogen-bond acceptors (Lipinski definition) is 2. The topological polar surface area (TPSA) is 38.3 Å². The fraction of sp³-hybridized carbons (Fsp3) is 0.364. The van der Waals surface area contributed by atoms with E-state index in [0.29, 0.717) is 6.61 Å². The molecule has 74 valence electrons. The van der Waals surface area contributed by atoms with Crippen LogP contribution in [-0.2, 0) is 11.2 Å². The third-order valence-electron chi connectivity index (χ3n) is 2.36. The molecule has 0 unspecified atom stereocenters. The van der Waals surface area contributed by atoms with Crippen molar-refractivity contribution in [2.24, 2.45) is 0 Å². The van der Waals surface area contributed by atoms with Crippen molar-refractivity contribution in [2.45, 2.75) is 18.9 Å². The summed E-state index contributed by atoms with van der Waals surface area (Å²) in [5.41, 5.74) is 0.958. The van der Waals surface area contributed by atoms with E-state index < -0.39 is 0 Å². The average Bonchev–Trinajstić information content (AvgIpc) is 2.47. The average molecular weight is 191 g/mol. The molecule has 1 saturated heterocycles. The minimum absolute atomic E-state index is 0.252. The van der Waals surface area contributed by atoms with Crippen LogP contribution in [0, 0.1) is 0 Å². The molecule has 3 heteroatoms. The van der Waals surface area contributed by atoms with Gasteiger partial charge in [-0.3, -0.25) is 0 Å². The maximum Gasteiger partial charge on any atom is 0.407 e. The molecule has 1 fully saturated rings. The predicted octanol–water partition coefficient (Wildman–Crippen LogP) is 1.73. The van der Waals surface area contributed by atoms with Crippen molar-refractivity contribution in [3.8, 4) is 0 Å². The second-order valence-electron chi connectivity index (χ2n) is 3.92. The van der Waals surface area contributed by atoms with Crippen LogP contribution in [0.5, 0.6) is 0 Å². The van der Waals surface area contributed by atoms with Crippen molar-refractivity contribution in [1.82, 2.24) is 5.32 Å². The Labute approximate surface area is 83.1 Å². The van der Waals surface area contributed by atoms with E-state index in [1.165, 1.54) is 5.56 Å². The van der Waals surface area contributed by atoms with Crippen LogP contribution in [-0.4, -0.2) is 18.2 Å². The van der Waals surface area contributed by atoms with Crippen LogP contribution in [0.2, 0.25) is 0 Å². The number of rotatable bonds is 2. The molecule has 0 spiro atoms. The lowest BCUT2D eigenvalue weighted by Crippen LogP contribution is -2.42. The normalized spacial score (nSPS) is 25.6. The van der Waals surface area contributed by atoms with Crippen molar-refractivity contribution in [3.63, 3.8) is 0 Å². The summed E-state index contributed by atoms with van der Waals surface area (Å²) in [6.07, 6.45) is 0.489. The number of benzene rings is 1. The third kappa shape index (κ3) is 1.87. The van der Waals surface area contributed by atoms with Gasteiger partial charge in [-0.05, 0) is 18.9 Å². The minimum Gasteiger partial charge on any atom is -0.447 e. The summed E-state index contributed by atoms with van der Waals surface area (Å²) < 4.78 is 4.89. The van der Waals surface area contributed by atoms with Crippen molar-refractivity contribution in [3.05, 3.63) is 35.9 Å². The minimum atomic E-state index is -0.316. The lowest BCUT2D eigenvalue weighted by molar-refractivity contribution is 0.173. The Hall–Kier alpha value is -1.51. The number of carbonyl (C=O) groups is 1. The first-order chi connectivity index (χ1) is 6.68. The summed E-state index contributed by atoms with van der Waals surface area (Å²) >= 11 is 0. The van der Waals surface area contributed by atoms with Gasteiger partial charge in [0.1, 0.15) is 6.61 Å². The summed E-state index contributed by atoms with van der Waals surface area (Å²) in [5, 5.41) is 2.82. The van der Waals surface area contributed by atoms with Gasteiger partial charge in [-0.25, -0.2) is 4.79 Å². The van der Waals surface area contributed by atoms with Gasteiger partial charge in [0, 0.05) is 0 Å². The van der Waals surface area contributed by atoms with E-state index in [1.807, 2.05) is 25.1 Å². The molecule has 1 atom stereocenters. The van der Waals surface area contributed by atoms with Gasteiger partial charge in [-0.15, -0.1) is 0 Å². The van der Waals surface area contributed by atoms with E-state index in [-0.39, 0.29) is 11.6 Å². The molecular weight excluding hydrogens is 178 g/mol. The third-order valence-corrected chi connectivity index (χ3v) is 2.36. The van der Waals surface area contributed by atoms with Crippen molar-refractivity contribution < 1.29 is 9.53 Å². The first kappa shape index (κ1) is 9.06. The van der Waals surface area contributed by atoms with Crippen LogP contribution < -0.4 is 5.32 Å². The number of cyclic esters (lactones) is 1. The van der Waals surface area contributed by atoms with Gasteiger partial charge >= 0.3 is 6.09 Å². The highest BCUT2D eigenvalue weighted by Gasteiger charge is 2.34. The SMILES string of the molecule is C[C@]1(Cc2ccccc2)COC(=O)N1. The van der Waals surface area contributed by atoms with Crippen LogP contribution in [0.1, 0.15) is 12.5 Å². The highest BCUT2D eigenvalue weighted by molar-refractivity contribution is 5.70. The fourth-order valence-electron chi connectivity index (χ4n) is 1.69. The van der Waals surface area contributed by atoms with E-state index in [0.717, 1.165) is 6.42 Å². The molecular formula is C11H13NO2. The number of alkyl carbamates (subject to hydrolysis) is 1. The van der Waals surface area contributed by atoms with Crippen LogP contribution in [0.4, 0.5) is 4.79 Å². The molecule has 2 rings (SSSR count). The molecule has 0 bridgehead atoms. The van der Waals surface area contributed by atoms with Crippen LogP contribution >= 0.6 is 0 Å². The molecule has 1 amide bonds. The molecule has 0 aromatic heterocycles. The summed E-state index contributed by atoms with van der Waals surface area (Å²) in [7, 11) is 0. The molecule has 0 radical (unpaired) electrons. The zero-order chi connectivity index (χ0) is 10.0. The summed E-state index contributed by atoms with van der Waals surface area (Å²) in [5.74, 6) is 0. The zero-order valence-corrected chi connectivity index (χ0v) is 8.12. The molecule has 1 N–H and O–H groups in total. The number of nitrogens with one attached hydrogen (secondary N) is 1. The highest BCUT2D eigenvalue weighted by atomic mass is 16.6. The summed E-state index contributed by atoms with van der Waals surface area (Å²) in [6.45, 7) is 2.44. The standard InChI is InChI=1S/C11H13NO2/c1-11(8-14-10(13)12-11)7-9-5-3-2-4-6-9/h2-6H,7-8H2,1H3,(H,12,13)/t11-/m0/s1. The maximum absolute atomic E-state index is 10.9.